The second-order valence-corrected chi connectivity index (χ2v) is 8.17. The lowest BCUT2D eigenvalue weighted by atomic mass is 9.83. The quantitative estimate of drug-likeness (QED) is 0.488. The molecule has 1 saturated heterocycles. The molecule has 0 spiro atoms. The molecule has 3 aromatic heterocycles. The maximum Gasteiger partial charge on any atom is 0.177 e. The van der Waals surface area contributed by atoms with Crippen LogP contribution in [0.15, 0.2) is 48.9 Å². The van der Waals surface area contributed by atoms with Gasteiger partial charge in [0.05, 0.1) is 18.3 Å². The molecule has 1 fully saturated rings. The van der Waals surface area contributed by atoms with Gasteiger partial charge in [0.25, 0.3) is 0 Å². The number of imidazole rings is 1. The number of ether oxygens (including phenoxy) is 1. The van der Waals surface area contributed by atoms with Crippen LogP contribution in [0.25, 0.3) is 22.4 Å². The number of nitrogens with zero attached hydrogens (tertiary/aromatic N) is 3. The fourth-order valence-electron chi connectivity index (χ4n) is 4.93. The van der Waals surface area contributed by atoms with E-state index in [9.17, 15) is 0 Å². The Labute approximate surface area is 174 Å². The van der Waals surface area contributed by atoms with E-state index in [1.807, 2.05) is 12.3 Å². The van der Waals surface area contributed by atoms with Gasteiger partial charge in [-0.15, -0.1) is 0 Å². The van der Waals surface area contributed by atoms with E-state index in [4.69, 9.17) is 9.72 Å². The molecular weight excluding hydrogens is 376 g/mol. The number of para-hydroxylation sites is 1. The minimum atomic E-state index is 0.113. The molecule has 0 amide bonds. The Balaban J connectivity index is 1.39. The molecule has 1 aromatic carbocycles. The summed E-state index contributed by atoms with van der Waals surface area (Å²) in [5.41, 5.74) is 4.79. The number of aromatic amines is 2. The molecule has 0 bridgehead atoms. The van der Waals surface area contributed by atoms with E-state index in [1.54, 1.807) is 12.4 Å². The summed E-state index contributed by atoms with van der Waals surface area (Å²) in [6, 6.07) is 10.8. The highest BCUT2D eigenvalue weighted by molar-refractivity contribution is 5.85. The summed E-state index contributed by atoms with van der Waals surface area (Å²) in [6.45, 7) is 1.67. The van der Waals surface area contributed by atoms with Crippen molar-refractivity contribution in [2.24, 2.45) is 5.92 Å². The van der Waals surface area contributed by atoms with Crippen molar-refractivity contribution in [3.05, 3.63) is 66.0 Å². The van der Waals surface area contributed by atoms with Gasteiger partial charge in [-0.2, -0.15) is 0 Å². The smallest absolute Gasteiger partial charge is 0.177 e. The van der Waals surface area contributed by atoms with Crippen LogP contribution < -0.4 is 5.32 Å². The standard InChI is InChI=1S/C23H24N6O/c1-2-5-17-15(4-1)16-12-18(23-26-13-19(29-23)22-24-8-3-9-25-22)28-20(21(16)27-17)14-6-10-30-11-7-14/h1-5,8-9,13-14,18,20,27-28H,6-7,10-12H2,(H,26,29)/t18-,20-/m1/s1. The van der Waals surface area contributed by atoms with Gasteiger partial charge in [0.2, 0.25) is 0 Å². The molecule has 3 N–H and O–H groups in total. The van der Waals surface area contributed by atoms with Crippen LogP contribution in [0.5, 0.6) is 0 Å². The summed E-state index contributed by atoms with van der Waals surface area (Å²) in [5.74, 6) is 2.14. The number of aromatic nitrogens is 5. The Bertz CT molecular complexity index is 1160. The van der Waals surface area contributed by atoms with Gasteiger partial charge in [-0.25, -0.2) is 15.0 Å². The van der Waals surface area contributed by atoms with E-state index in [0.29, 0.717) is 11.7 Å². The van der Waals surface area contributed by atoms with E-state index in [-0.39, 0.29) is 12.1 Å². The van der Waals surface area contributed by atoms with Crippen LogP contribution in [0.2, 0.25) is 0 Å². The number of hydrogen-bond acceptors (Lipinski definition) is 5. The molecule has 0 unspecified atom stereocenters. The summed E-state index contributed by atoms with van der Waals surface area (Å²) < 4.78 is 5.63. The second kappa shape index (κ2) is 7.34. The largest absolute Gasteiger partial charge is 0.381 e. The zero-order valence-electron chi connectivity index (χ0n) is 16.6. The molecule has 2 aliphatic rings. The highest BCUT2D eigenvalue weighted by atomic mass is 16.5. The van der Waals surface area contributed by atoms with Gasteiger partial charge in [0, 0.05) is 42.2 Å². The van der Waals surface area contributed by atoms with Crippen molar-refractivity contribution in [2.75, 3.05) is 13.2 Å². The van der Waals surface area contributed by atoms with E-state index in [1.165, 1.54) is 22.2 Å². The zero-order valence-corrected chi connectivity index (χ0v) is 16.6. The maximum atomic E-state index is 5.63. The number of H-pyrrole nitrogens is 2. The van der Waals surface area contributed by atoms with Crippen LogP contribution in [0.3, 0.4) is 0 Å². The third-order valence-electron chi connectivity index (χ3n) is 6.42. The monoisotopic (exact) mass is 400 g/mol. The molecule has 7 heteroatoms. The Kier molecular flexibility index (Phi) is 4.35. The maximum absolute atomic E-state index is 5.63. The van der Waals surface area contributed by atoms with Gasteiger partial charge in [-0.3, -0.25) is 5.32 Å². The SMILES string of the molecule is c1cnc(-c2cnc([C@H]3Cc4c([nH]c5ccccc45)[C@@H](C4CCOCC4)N3)[nH]2)nc1. The predicted octanol–water partition coefficient (Wildman–Crippen LogP) is 3.70. The second-order valence-electron chi connectivity index (χ2n) is 8.17. The normalized spacial score (nSPS) is 22.3. The van der Waals surface area contributed by atoms with E-state index in [2.05, 4.69) is 49.5 Å². The molecule has 152 valence electrons. The lowest BCUT2D eigenvalue weighted by Gasteiger charge is -2.37. The van der Waals surface area contributed by atoms with Crippen LogP contribution in [0, 0.1) is 5.92 Å². The van der Waals surface area contributed by atoms with E-state index in [0.717, 1.165) is 44.0 Å². The molecule has 2 atom stereocenters. The first-order valence-electron chi connectivity index (χ1n) is 10.6. The molecule has 2 aliphatic heterocycles. The summed E-state index contributed by atoms with van der Waals surface area (Å²) in [5, 5.41) is 5.21. The first kappa shape index (κ1) is 17.8. The van der Waals surface area contributed by atoms with Gasteiger partial charge < -0.3 is 14.7 Å². The van der Waals surface area contributed by atoms with Crippen molar-refractivity contribution < 1.29 is 4.74 Å². The van der Waals surface area contributed by atoms with E-state index < -0.39 is 0 Å². The molecular formula is C23H24N6O. The van der Waals surface area contributed by atoms with Crippen LogP contribution in [0.4, 0.5) is 0 Å². The first-order valence-corrected chi connectivity index (χ1v) is 10.6. The first-order chi connectivity index (χ1) is 14.9. The van der Waals surface area contributed by atoms with Crippen molar-refractivity contribution >= 4 is 10.9 Å². The Hall–Kier alpha value is -3.03. The fraction of sp³-hybridized carbons (Fsp3) is 0.348. The van der Waals surface area contributed by atoms with Gasteiger partial charge in [0.1, 0.15) is 11.5 Å². The highest BCUT2D eigenvalue weighted by Gasteiger charge is 2.36. The highest BCUT2D eigenvalue weighted by Crippen LogP contribution is 2.41. The van der Waals surface area contributed by atoms with Crippen molar-refractivity contribution in [1.29, 1.82) is 0 Å². The van der Waals surface area contributed by atoms with Gasteiger partial charge in [0.15, 0.2) is 5.82 Å². The Morgan fingerprint density at radius 1 is 0.933 bits per heavy atom. The number of benzene rings is 1. The lowest BCUT2D eigenvalue weighted by Crippen LogP contribution is -2.39. The Morgan fingerprint density at radius 2 is 1.77 bits per heavy atom. The zero-order chi connectivity index (χ0) is 19.9. The van der Waals surface area contributed by atoms with Crippen LogP contribution in [-0.2, 0) is 11.2 Å². The minimum absolute atomic E-state index is 0.113. The van der Waals surface area contributed by atoms with E-state index >= 15 is 0 Å². The minimum Gasteiger partial charge on any atom is -0.381 e. The van der Waals surface area contributed by atoms with Gasteiger partial charge in [-0.1, -0.05) is 18.2 Å². The topological polar surface area (TPSA) is 91.5 Å². The summed E-state index contributed by atoms with van der Waals surface area (Å²) in [7, 11) is 0. The van der Waals surface area contributed by atoms with Crippen LogP contribution in [-0.4, -0.2) is 38.1 Å². The van der Waals surface area contributed by atoms with Crippen molar-refractivity contribution in [1.82, 2.24) is 30.2 Å². The lowest BCUT2D eigenvalue weighted by molar-refractivity contribution is 0.0497. The van der Waals surface area contributed by atoms with Crippen molar-refractivity contribution in [3.8, 4) is 11.5 Å². The van der Waals surface area contributed by atoms with Gasteiger partial charge >= 0.3 is 0 Å². The number of hydrogen-bond donors (Lipinski definition) is 3. The summed E-state index contributed by atoms with van der Waals surface area (Å²) >= 11 is 0. The van der Waals surface area contributed by atoms with Crippen LogP contribution >= 0.6 is 0 Å². The summed E-state index contributed by atoms with van der Waals surface area (Å²) in [4.78, 5) is 20.6. The molecule has 0 aliphatic carbocycles. The molecule has 30 heavy (non-hydrogen) atoms. The molecule has 5 heterocycles. The molecule has 6 rings (SSSR count). The summed E-state index contributed by atoms with van der Waals surface area (Å²) in [6.07, 6.45) is 8.37. The van der Waals surface area contributed by atoms with Crippen LogP contribution in [0.1, 0.15) is 42.0 Å². The van der Waals surface area contributed by atoms with Gasteiger partial charge in [-0.05, 0) is 42.9 Å². The number of rotatable bonds is 3. The molecule has 0 radical (unpaired) electrons. The number of fused-ring (bicyclic) bond motifs is 3. The van der Waals surface area contributed by atoms with Crippen molar-refractivity contribution in [2.45, 2.75) is 31.3 Å². The fourth-order valence-corrected chi connectivity index (χ4v) is 4.93. The molecule has 4 aromatic rings. The third-order valence-corrected chi connectivity index (χ3v) is 6.42. The Morgan fingerprint density at radius 3 is 2.63 bits per heavy atom. The average molecular weight is 400 g/mol. The van der Waals surface area contributed by atoms with Crippen molar-refractivity contribution in [3.63, 3.8) is 0 Å². The number of nitrogens with one attached hydrogen (secondary N) is 3. The average Bonchev–Trinajstić information content (AvgIpc) is 3.45. The molecule has 7 nitrogen and oxygen atoms in total. The third kappa shape index (κ3) is 3.02. The predicted molar refractivity (Wildman–Crippen MR) is 114 cm³/mol. The molecule has 0 saturated carbocycles.